The molecule has 1 aromatic heterocycles. The van der Waals surface area contributed by atoms with Crippen LogP contribution in [0.1, 0.15) is 36.3 Å². The monoisotopic (exact) mass is 659 g/mol. The van der Waals surface area contributed by atoms with Crippen molar-refractivity contribution in [1.29, 1.82) is 0 Å². The molecule has 1 amide bonds. The zero-order valence-corrected chi connectivity index (χ0v) is 25.6. The first-order valence-electron chi connectivity index (χ1n) is 11.0. The number of carbonyl (C=O) groups is 1. The smallest absolute Gasteiger partial charge is 0.388 e. The van der Waals surface area contributed by atoms with Gasteiger partial charge in [-0.05, 0) is 31.5 Å². The highest BCUT2D eigenvalue weighted by Crippen LogP contribution is 2.55. The molecule has 4 atom stereocenters. The number of anilines is 1. The second-order valence-electron chi connectivity index (χ2n) is 9.16. The van der Waals surface area contributed by atoms with Crippen molar-refractivity contribution in [2.24, 2.45) is 22.1 Å². The second kappa shape index (κ2) is 14.2. The van der Waals surface area contributed by atoms with Crippen LogP contribution in [-0.2, 0) is 10.3 Å². The summed E-state index contributed by atoms with van der Waals surface area (Å²) in [6.07, 6.45) is 5.73. The van der Waals surface area contributed by atoms with E-state index in [0.717, 1.165) is 18.5 Å². The molecule has 2 aliphatic heterocycles. The van der Waals surface area contributed by atoms with Crippen molar-refractivity contribution in [1.82, 2.24) is 9.97 Å². The lowest BCUT2D eigenvalue weighted by Gasteiger charge is -2.43. The summed E-state index contributed by atoms with van der Waals surface area (Å²) in [7, 11) is 0. The standard InChI is InChI=1S/C24H22F5N5O3.4H2S/c1-4-22(2)8-14-18(23(3,28)29)36-11-24(14,34-20(22)30)13-7-12(5-6-15(13)25)33-19(35)16-9-32-17(10-31-16)37-21(26)27;;;;/h1,5-7,9-10,14,18,21H,8,11H2,2-3H3,(H2,30,34)(H,33,35);4*1H2/t14-,18+,22-,24-;;;;/m1..../s1. The number of nitrogens with two attached hydrogens (primary N) is 1. The Labute approximate surface area is 261 Å². The van der Waals surface area contributed by atoms with Crippen molar-refractivity contribution in [3.8, 4) is 18.2 Å². The molecule has 3 heterocycles. The van der Waals surface area contributed by atoms with Crippen LogP contribution < -0.4 is 15.8 Å². The van der Waals surface area contributed by atoms with E-state index in [1.807, 2.05) is 0 Å². The molecule has 2 aliphatic rings. The van der Waals surface area contributed by atoms with E-state index in [0.29, 0.717) is 6.92 Å². The number of amides is 1. The molecule has 8 nitrogen and oxygen atoms in total. The van der Waals surface area contributed by atoms with Crippen LogP contribution in [0.5, 0.6) is 5.88 Å². The van der Waals surface area contributed by atoms with E-state index < -0.39 is 59.7 Å². The number of ether oxygens (including phenoxy) is 2. The third-order valence-corrected chi connectivity index (χ3v) is 6.55. The Morgan fingerprint density at radius 2 is 1.90 bits per heavy atom. The highest BCUT2D eigenvalue weighted by molar-refractivity contribution is 7.59. The van der Waals surface area contributed by atoms with E-state index in [1.165, 1.54) is 12.1 Å². The Kier molecular flexibility index (Phi) is 13.4. The highest BCUT2D eigenvalue weighted by Gasteiger charge is 2.62. The van der Waals surface area contributed by atoms with Crippen LogP contribution >= 0.6 is 54.0 Å². The Morgan fingerprint density at radius 1 is 1.24 bits per heavy atom. The fourth-order valence-electron chi connectivity index (χ4n) is 4.65. The lowest BCUT2D eigenvalue weighted by atomic mass is 9.65. The molecule has 1 saturated heterocycles. The lowest BCUT2D eigenvalue weighted by Crippen LogP contribution is -2.52. The van der Waals surface area contributed by atoms with E-state index in [4.69, 9.17) is 16.9 Å². The van der Waals surface area contributed by atoms with Gasteiger partial charge in [-0.2, -0.15) is 62.8 Å². The third kappa shape index (κ3) is 7.53. The van der Waals surface area contributed by atoms with Gasteiger partial charge in [-0.25, -0.2) is 23.1 Å². The average Bonchev–Trinajstić information content (AvgIpc) is 3.19. The number of nitrogens with one attached hydrogen (secondary N) is 1. The number of halogens is 5. The minimum absolute atomic E-state index is 0. The summed E-state index contributed by atoms with van der Waals surface area (Å²) in [6.45, 7) is -1.21. The number of carbonyl (C=O) groups excluding carboxylic acids is 1. The molecule has 41 heavy (non-hydrogen) atoms. The maximum absolute atomic E-state index is 15.2. The van der Waals surface area contributed by atoms with Crippen LogP contribution in [0.25, 0.3) is 0 Å². The second-order valence-corrected chi connectivity index (χ2v) is 9.16. The van der Waals surface area contributed by atoms with Crippen LogP contribution in [0.15, 0.2) is 35.6 Å². The molecule has 0 spiro atoms. The van der Waals surface area contributed by atoms with Gasteiger partial charge in [-0.3, -0.25) is 9.79 Å². The Morgan fingerprint density at radius 3 is 2.44 bits per heavy atom. The molecule has 0 aliphatic carbocycles. The summed E-state index contributed by atoms with van der Waals surface area (Å²) in [5.74, 6) is -3.91. The SMILES string of the molecule is C#C[C@]1(C)C[C@@H]2[C@@H](C(C)(F)F)OC[C@]2(c2cc(NC(=O)c3cnc(OC(F)F)cn3)ccc2F)N=C1N.S.S.S.S. The van der Waals surface area contributed by atoms with Gasteiger partial charge in [0.25, 0.3) is 11.8 Å². The van der Waals surface area contributed by atoms with Gasteiger partial charge in [0.05, 0.1) is 24.4 Å². The largest absolute Gasteiger partial charge is 0.415 e. The first-order valence-corrected chi connectivity index (χ1v) is 11.0. The summed E-state index contributed by atoms with van der Waals surface area (Å²) in [6, 6.07) is 3.53. The number of amidine groups is 1. The molecule has 1 fully saturated rings. The fourth-order valence-corrected chi connectivity index (χ4v) is 4.65. The van der Waals surface area contributed by atoms with Gasteiger partial charge in [-0.15, -0.1) is 6.42 Å². The topological polar surface area (TPSA) is 112 Å². The molecule has 17 heteroatoms. The van der Waals surface area contributed by atoms with Crippen molar-refractivity contribution in [2.75, 3.05) is 11.9 Å². The number of hydrogen-bond acceptors (Lipinski definition) is 7. The van der Waals surface area contributed by atoms with E-state index in [-0.39, 0.29) is 83.2 Å². The molecular formula is C24H30F5N5O3S4. The Hall–Kier alpha value is -2.39. The minimum atomic E-state index is -3.29. The van der Waals surface area contributed by atoms with Crippen molar-refractivity contribution in [3.63, 3.8) is 0 Å². The normalized spacial score (nSPS) is 24.6. The van der Waals surface area contributed by atoms with Gasteiger partial charge in [0, 0.05) is 24.1 Å². The van der Waals surface area contributed by atoms with Crippen LogP contribution in [-0.4, -0.2) is 47.0 Å². The molecule has 0 saturated carbocycles. The van der Waals surface area contributed by atoms with Gasteiger partial charge in [0.2, 0.25) is 5.88 Å². The number of fused-ring (bicyclic) bond motifs is 1. The molecular weight excluding hydrogens is 630 g/mol. The third-order valence-electron chi connectivity index (χ3n) is 6.55. The van der Waals surface area contributed by atoms with Crippen LogP contribution in [0.4, 0.5) is 27.6 Å². The number of aromatic nitrogens is 2. The van der Waals surface area contributed by atoms with Crippen LogP contribution in [0.3, 0.4) is 0 Å². The predicted molar refractivity (Wildman–Crippen MR) is 163 cm³/mol. The maximum atomic E-state index is 15.2. The van der Waals surface area contributed by atoms with Gasteiger partial charge in [0.1, 0.15) is 29.0 Å². The van der Waals surface area contributed by atoms with Gasteiger partial charge < -0.3 is 20.5 Å². The molecule has 0 radical (unpaired) electrons. The number of terminal acetylenes is 1. The van der Waals surface area contributed by atoms with Crippen molar-refractivity contribution < 1.29 is 36.2 Å². The molecule has 0 bridgehead atoms. The molecule has 1 aromatic carbocycles. The van der Waals surface area contributed by atoms with Crippen molar-refractivity contribution in [3.05, 3.63) is 47.7 Å². The first kappa shape index (κ1) is 38.6. The number of rotatable bonds is 6. The number of benzene rings is 1. The highest BCUT2D eigenvalue weighted by atomic mass is 32.1. The summed E-state index contributed by atoms with van der Waals surface area (Å²) in [4.78, 5) is 24.3. The van der Waals surface area contributed by atoms with Gasteiger partial charge in [0.15, 0.2) is 0 Å². The summed E-state index contributed by atoms with van der Waals surface area (Å²) < 4.78 is 78.4. The van der Waals surface area contributed by atoms with Gasteiger partial charge >= 0.3 is 6.61 Å². The van der Waals surface area contributed by atoms with Crippen molar-refractivity contribution >= 4 is 71.4 Å². The number of aliphatic imine (C=N–C) groups is 1. The number of alkyl halides is 4. The summed E-state index contributed by atoms with van der Waals surface area (Å²) in [5, 5.41) is 2.48. The molecule has 2 aromatic rings. The summed E-state index contributed by atoms with van der Waals surface area (Å²) in [5.41, 5.74) is 3.09. The van der Waals surface area contributed by atoms with Gasteiger partial charge in [-0.1, -0.05) is 5.92 Å². The molecule has 4 rings (SSSR count). The zero-order valence-electron chi connectivity index (χ0n) is 21.6. The lowest BCUT2D eigenvalue weighted by molar-refractivity contribution is -0.118. The zero-order chi connectivity index (χ0) is 27.2. The average molecular weight is 660 g/mol. The molecule has 228 valence electrons. The first-order chi connectivity index (χ1) is 17.3. The van der Waals surface area contributed by atoms with E-state index in [1.54, 1.807) is 6.92 Å². The van der Waals surface area contributed by atoms with E-state index in [9.17, 15) is 22.4 Å². The minimum Gasteiger partial charge on any atom is -0.415 e. The van der Waals surface area contributed by atoms with Crippen LogP contribution in [0.2, 0.25) is 0 Å². The number of hydrogen-bond donors (Lipinski definition) is 2. The van der Waals surface area contributed by atoms with E-state index >= 15 is 4.39 Å². The Balaban J connectivity index is 0.00000400. The number of nitrogens with zero attached hydrogens (tertiary/aromatic N) is 3. The summed E-state index contributed by atoms with van der Waals surface area (Å²) >= 11 is 0. The van der Waals surface area contributed by atoms with E-state index in [2.05, 4.69) is 30.9 Å². The molecule has 3 N–H and O–H groups in total. The quantitative estimate of drug-likeness (QED) is 0.356. The maximum Gasteiger partial charge on any atom is 0.388 e. The Bertz CT molecular complexity index is 1300. The predicted octanol–water partition coefficient (Wildman–Crippen LogP) is 4.19. The fraction of sp³-hybridized carbons (Fsp3) is 0.417. The van der Waals surface area contributed by atoms with Crippen LogP contribution in [0, 0.1) is 29.5 Å². The molecule has 0 unspecified atom stereocenters. The van der Waals surface area contributed by atoms with Crippen molar-refractivity contribution in [2.45, 2.75) is 44.4 Å².